The number of anilines is 1. The van der Waals surface area contributed by atoms with Crippen molar-refractivity contribution in [1.82, 2.24) is 14.5 Å². The fourth-order valence-corrected chi connectivity index (χ4v) is 5.64. The number of carbonyl (C=O) groups is 2. The molecule has 3 heterocycles. The van der Waals surface area contributed by atoms with Gasteiger partial charge in [-0.25, -0.2) is 4.98 Å². The Balaban J connectivity index is 1.20. The fraction of sp³-hybridized carbons (Fsp3) is 0.241. The molecule has 0 saturated carbocycles. The summed E-state index contributed by atoms with van der Waals surface area (Å²) in [7, 11) is 0. The number of aromatic nitrogens is 2. The predicted octanol–water partition coefficient (Wildman–Crippen LogP) is 2.71. The lowest BCUT2D eigenvalue weighted by Crippen LogP contribution is -2.48. The number of nitrogens with two attached hydrogens (primary N) is 1. The van der Waals surface area contributed by atoms with E-state index >= 15 is 0 Å². The lowest BCUT2D eigenvalue weighted by molar-refractivity contribution is -0.115. The van der Waals surface area contributed by atoms with Crippen LogP contribution in [0, 0.1) is 0 Å². The van der Waals surface area contributed by atoms with Gasteiger partial charge in [0.1, 0.15) is 0 Å². The van der Waals surface area contributed by atoms with Crippen LogP contribution in [-0.4, -0.2) is 65.0 Å². The number of thioether (sulfide) groups is 1. The Morgan fingerprint density at radius 1 is 0.925 bits per heavy atom. The first-order chi connectivity index (χ1) is 19.5. The van der Waals surface area contributed by atoms with Crippen LogP contribution in [0.5, 0.6) is 11.5 Å². The van der Waals surface area contributed by atoms with Gasteiger partial charge in [0.15, 0.2) is 16.7 Å². The molecule has 0 spiro atoms. The molecule has 2 amide bonds. The van der Waals surface area contributed by atoms with Crippen molar-refractivity contribution in [2.24, 2.45) is 5.73 Å². The highest BCUT2D eigenvalue weighted by molar-refractivity contribution is 7.99. The number of rotatable bonds is 7. The molecule has 10 nitrogen and oxygen atoms in total. The Morgan fingerprint density at radius 2 is 1.62 bits per heavy atom. The van der Waals surface area contributed by atoms with Gasteiger partial charge in [0, 0.05) is 43.5 Å². The molecule has 204 valence electrons. The Morgan fingerprint density at radius 3 is 2.33 bits per heavy atom. The summed E-state index contributed by atoms with van der Waals surface area (Å²) >= 11 is 1.10. The van der Waals surface area contributed by atoms with E-state index in [2.05, 4.69) is 22.0 Å². The maximum Gasteiger partial charge on any atom is 0.262 e. The van der Waals surface area contributed by atoms with Crippen molar-refractivity contribution >= 4 is 40.2 Å². The Bertz CT molecular complexity index is 1630. The third-order valence-electron chi connectivity index (χ3n) is 6.99. The number of nitrogens with zero attached hydrogens (tertiary/aromatic N) is 4. The third kappa shape index (κ3) is 5.20. The number of benzene rings is 3. The quantitative estimate of drug-likeness (QED) is 0.272. The summed E-state index contributed by atoms with van der Waals surface area (Å²) in [6.07, 6.45) is 0. The molecule has 1 aromatic heterocycles. The van der Waals surface area contributed by atoms with Crippen molar-refractivity contribution in [2.45, 2.75) is 11.7 Å². The fourth-order valence-electron chi connectivity index (χ4n) is 4.90. The van der Waals surface area contributed by atoms with E-state index in [1.54, 1.807) is 24.3 Å². The average molecular weight is 558 g/mol. The molecule has 2 aliphatic heterocycles. The van der Waals surface area contributed by atoms with Crippen molar-refractivity contribution in [2.75, 3.05) is 43.6 Å². The standard InChI is InChI=1S/C29H27N5O5S/c30-26(35)17-40-29-31-23-15-25-24(38-18-39-25)14-22(23)28(37)34(29)16-19-6-8-20(9-7-19)27(36)33-12-10-32(11-13-33)21-4-2-1-3-5-21/h1-9,14-15H,10-13,16-18H2,(H2,30,35). The topological polar surface area (TPSA) is 120 Å². The van der Waals surface area contributed by atoms with Gasteiger partial charge in [0.05, 0.1) is 23.2 Å². The maximum absolute atomic E-state index is 13.5. The number of hydrogen-bond donors (Lipinski definition) is 1. The minimum Gasteiger partial charge on any atom is -0.454 e. The van der Waals surface area contributed by atoms with Gasteiger partial charge in [-0.05, 0) is 35.9 Å². The number of amides is 2. The van der Waals surface area contributed by atoms with Crippen molar-refractivity contribution in [1.29, 1.82) is 0 Å². The third-order valence-corrected chi connectivity index (χ3v) is 7.99. The number of fused-ring (bicyclic) bond motifs is 2. The van der Waals surface area contributed by atoms with Crippen LogP contribution in [0.3, 0.4) is 0 Å². The van der Waals surface area contributed by atoms with Crippen LogP contribution in [-0.2, 0) is 11.3 Å². The van der Waals surface area contributed by atoms with Gasteiger partial charge in [0.25, 0.3) is 11.5 Å². The van der Waals surface area contributed by atoms with Crippen molar-refractivity contribution in [3.63, 3.8) is 0 Å². The molecule has 3 aromatic carbocycles. The van der Waals surface area contributed by atoms with Crippen LogP contribution in [0.1, 0.15) is 15.9 Å². The van der Waals surface area contributed by atoms with Crippen molar-refractivity contribution in [3.8, 4) is 11.5 Å². The van der Waals surface area contributed by atoms with Crippen LogP contribution in [0.15, 0.2) is 76.7 Å². The second-order valence-corrected chi connectivity index (χ2v) is 10.5. The summed E-state index contributed by atoms with van der Waals surface area (Å²) in [5.74, 6) is 0.460. The average Bonchev–Trinajstić information content (AvgIpc) is 3.45. The highest BCUT2D eigenvalue weighted by atomic mass is 32.2. The second kappa shape index (κ2) is 10.9. The van der Waals surface area contributed by atoms with Gasteiger partial charge < -0.3 is 25.0 Å². The summed E-state index contributed by atoms with van der Waals surface area (Å²) in [6.45, 7) is 3.13. The minimum absolute atomic E-state index is 0.0161. The van der Waals surface area contributed by atoms with Crippen LogP contribution < -0.4 is 25.7 Å². The lowest BCUT2D eigenvalue weighted by Gasteiger charge is -2.36. The summed E-state index contributed by atoms with van der Waals surface area (Å²) in [6, 6.07) is 20.7. The van der Waals surface area contributed by atoms with Gasteiger partial charge in [-0.2, -0.15) is 0 Å². The van der Waals surface area contributed by atoms with E-state index in [1.807, 2.05) is 35.2 Å². The van der Waals surface area contributed by atoms with Crippen LogP contribution in [0.25, 0.3) is 10.9 Å². The first kappa shape index (κ1) is 25.8. The molecule has 0 bridgehead atoms. The summed E-state index contributed by atoms with van der Waals surface area (Å²) in [4.78, 5) is 47.0. The summed E-state index contributed by atoms with van der Waals surface area (Å²) in [5, 5.41) is 0.751. The highest BCUT2D eigenvalue weighted by Crippen LogP contribution is 2.35. The molecule has 0 atom stereocenters. The van der Waals surface area contributed by atoms with E-state index in [4.69, 9.17) is 15.2 Å². The van der Waals surface area contributed by atoms with Gasteiger partial charge >= 0.3 is 0 Å². The van der Waals surface area contributed by atoms with E-state index in [0.717, 1.165) is 36.1 Å². The number of carbonyl (C=O) groups excluding carboxylic acids is 2. The predicted molar refractivity (Wildman–Crippen MR) is 152 cm³/mol. The van der Waals surface area contributed by atoms with E-state index in [-0.39, 0.29) is 30.6 Å². The van der Waals surface area contributed by atoms with Crippen molar-refractivity contribution in [3.05, 3.63) is 88.2 Å². The second-order valence-electron chi connectivity index (χ2n) is 9.58. The number of piperazine rings is 1. The maximum atomic E-state index is 13.5. The zero-order valence-electron chi connectivity index (χ0n) is 21.6. The molecule has 1 fully saturated rings. The first-order valence-corrected chi connectivity index (χ1v) is 13.9. The van der Waals surface area contributed by atoms with Gasteiger partial charge in [0.2, 0.25) is 12.7 Å². The molecule has 2 aliphatic rings. The number of ether oxygens (including phenoxy) is 2. The van der Waals surface area contributed by atoms with Crippen molar-refractivity contribution < 1.29 is 19.1 Å². The van der Waals surface area contributed by atoms with Crippen LogP contribution in [0.2, 0.25) is 0 Å². The molecule has 11 heteroatoms. The van der Waals surface area contributed by atoms with E-state index < -0.39 is 5.91 Å². The number of primary amides is 1. The summed E-state index contributed by atoms with van der Waals surface area (Å²) < 4.78 is 12.4. The molecule has 40 heavy (non-hydrogen) atoms. The smallest absolute Gasteiger partial charge is 0.262 e. The lowest BCUT2D eigenvalue weighted by atomic mass is 10.1. The Kier molecular flexibility index (Phi) is 7.04. The van der Waals surface area contributed by atoms with Gasteiger partial charge in [-0.1, -0.05) is 42.1 Å². The zero-order chi connectivity index (χ0) is 27.6. The molecule has 2 N–H and O–H groups in total. The zero-order valence-corrected chi connectivity index (χ0v) is 22.4. The normalized spacial score (nSPS) is 14.5. The Hall–Kier alpha value is -4.51. The molecular weight excluding hydrogens is 530 g/mol. The molecule has 6 rings (SSSR count). The molecule has 1 saturated heterocycles. The van der Waals surface area contributed by atoms with Crippen LogP contribution >= 0.6 is 11.8 Å². The Labute approximate surface area is 234 Å². The number of para-hydroxylation sites is 1. The van der Waals surface area contributed by atoms with E-state index in [0.29, 0.717) is 46.2 Å². The van der Waals surface area contributed by atoms with Gasteiger partial charge in [-0.3, -0.25) is 19.0 Å². The monoisotopic (exact) mass is 557 g/mol. The largest absolute Gasteiger partial charge is 0.454 e. The summed E-state index contributed by atoms with van der Waals surface area (Å²) in [5.41, 5.74) is 8.11. The molecule has 4 aromatic rings. The minimum atomic E-state index is -0.510. The molecule has 0 unspecified atom stereocenters. The SMILES string of the molecule is NC(=O)CSc1nc2cc3c(cc2c(=O)n1Cc1ccc(C(=O)N2CCN(c4ccccc4)CC2)cc1)OCO3. The highest BCUT2D eigenvalue weighted by Gasteiger charge is 2.23. The first-order valence-electron chi connectivity index (χ1n) is 12.9. The van der Waals surface area contributed by atoms with Crippen LogP contribution in [0.4, 0.5) is 5.69 Å². The van der Waals surface area contributed by atoms with E-state index in [1.165, 1.54) is 4.57 Å². The van der Waals surface area contributed by atoms with Gasteiger partial charge in [-0.15, -0.1) is 0 Å². The number of hydrogen-bond acceptors (Lipinski definition) is 8. The van der Waals surface area contributed by atoms with E-state index in [9.17, 15) is 14.4 Å². The molecule has 0 radical (unpaired) electrons. The molecular formula is C29H27N5O5S. The molecule has 0 aliphatic carbocycles.